The van der Waals surface area contributed by atoms with Gasteiger partial charge in [-0.25, -0.2) is 0 Å². The van der Waals surface area contributed by atoms with Crippen molar-refractivity contribution in [1.82, 2.24) is 0 Å². The summed E-state index contributed by atoms with van der Waals surface area (Å²) in [7, 11) is 0. The van der Waals surface area contributed by atoms with Crippen LogP contribution in [-0.2, 0) is 0 Å². The lowest BCUT2D eigenvalue weighted by molar-refractivity contribution is 0.0985. The minimum atomic E-state index is 0.179. The highest BCUT2D eigenvalue weighted by atomic mass is 32.3. The summed E-state index contributed by atoms with van der Waals surface area (Å²) in [5.74, 6) is 0.195. The fraction of sp³-hybridized carbons (Fsp3) is 0.333. The number of thioether (sulfide) groups is 2. The first kappa shape index (κ1) is 10.3. The van der Waals surface area contributed by atoms with Crippen molar-refractivity contribution in [2.24, 2.45) is 0 Å². The van der Waals surface area contributed by atoms with E-state index in [-0.39, 0.29) is 10.2 Å². The third-order valence-corrected chi connectivity index (χ3v) is 5.31. The highest BCUT2D eigenvalue weighted by Crippen LogP contribution is 2.44. The van der Waals surface area contributed by atoms with Crippen molar-refractivity contribution in [3.05, 3.63) is 22.4 Å². The van der Waals surface area contributed by atoms with Gasteiger partial charge in [0.2, 0.25) is 4.45 Å². The van der Waals surface area contributed by atoms with Gasteiger partial charge < -0.3 is 0 Å². The monoisotopic (exact) mass is 244 g/mol. The zero-order chi connectivity index (χ0) is 9.97. The van der Waals surface area contributed by atoms with Crippen LogP contribution in [0.1, 0.15) is 22.5 Å². The van der Waals surface area contributed by atoms with E-state index in [1.807, 2.05) is 17.5 Å². The van der Waals surface area contributed by atoms with Crippen molar-refractivity contribution >= 4 is 45.1 Å². The molecule has 0 aromatic carbocycles. The Kier molecular flexibility index (Phi) is 3.30. The zero-order valence-electron chi connectivity index (χ0n) is 7.26. The van der Waals surface area contributed by atoms with Crippen LogP contribution in [0.5, 0.6) is 0 Å². The molecule has 0 atom stereocenters. The molecule has 74 valence electrons. The SMILES string of the molecule is O=C1SC(CCC(=O)c2cccs2)S1. The summed E-state index contributed by atoms with van der Waals surface area (Å²) in [4.78, 5) is 23.0. The quantitative estimate of drug-likeness (QED) is 0.757. The number of carbonyl (C=O) groups excluding carboxylic acids is 2. The molecule has 1 aromatic heterocycles. The largest absolute Gasteiger partial charge is 0.293 e. The van der Waals surface area contributed by atoms with Crippen LogP contribution in [0.4, 0.5) is 4.79 Å². The second kappa shape index (κ2) is 4.51. The predicted octanol–water partition coefficient (Wildman–Crippen LogP) is 3.64. The molecule has 0 saturated carbocycles. The molecule has 0 N–H and O–H groups in total. The topological polar surface area (TPSA) is 34.1 Å². The number of hydrogen-bond acceptors (Lipinski definition) is 5. The normalized spacial score (nSPS) is 16.7. The molecule has 0 bridgehead atoms. The number of ketones is 1. The Morgan fingerprint density at radius 2 is 2.21 bits per heavy atom. The van der Waals surface area contributed by atoms with Gasteiger partial charge in [0.05, 0.1) is 9.46 Å². The van der Waals surface area contributed by atoms with Gasteiger partial charge in [-0.1, -0.05) is 29.6 Å². The minimum Gasteiger partial charge on any atom is -0.293 e. The first-order chi connectivity index (χ1) is 6.75. The Morgan fingerprint density at radius 1 is 1.43 bits per heavy atom. The van der Waals surface area contributed by atoms with Crippen LogP contribution in [0.3, 0.4) is 0 Å². The molecule has 1 saturated heterocycles. The van der Waals surface area contributed by atoms with Crippen molar-refractivity contribution in [3.63, 3.8) is 0 Å². The second-order valence-corrected chi connectivity index (χ2v) is 6.71. The molecule has 0 aliphatic carbocycles. The Bertz CT molecular complexity index is 337. The molecule has 0 spiro atoms. The molecule has 2 nitrogen and oxygen atoms in total. The van der Waals surface area contributed by atoms with E-state index >= 15 is 0 Å². The van der Waals surface area contributed by atoms with E-state index in [2.05, 4.69) is 0 Å². The average Bonchev–Trinajstić information content (AvgIpc) is 2.62. The summed E-state index contributed by atoms with van der Waals surface area (Å²) in [5.41, 5.74) is 0. The summed E-state index contributed by atoms with van der Waals surface area (Å²) in [6.45, 7) is 0. The summed E-state index contributed by atoms with van der Waals surface area (Å²) in [5, 5.41) is 1.91. The number of thiophene rings is 1. The average molecular weight is 244 g/mol. The maximum Gasteiger partial charge on any atom is 0.248 e. The molecule has 1 aliphatic heterocycles. The number of rotatable bonds is 4. The van der Waals surface area contributed by atoms with Crippen LogP contribution in [-0.4, -0.2) is 14.8 Å². The molecule has 1 aliphatic rings. The molecule has 0 radical (unpaired) electrons. The van der Waals surface area contributed by atoms with Crippen LogP contribution < -0.4 is 0 Å². The highest BCUT2D eigenvalue weighted by molar-refractivity contribution is 8.53. The van der Waals surface area contributed by atoms with Gasteiger partial charge in [-0.15, -0.1) is 11.3 Å². The third kappa shape index (κ3) is 2.40. The molecular formula is C9H8O2S3. The summed E-state index contributed by atoms with van der Waals surface area (Å²) < 4.78 is 0.491. The van der Waals surface area contributed by atoms with Gasteiger partial charge >= 0.3 is 0 Å². The maximum absolute atomic E-state index is 11.5. The smallest absolute Gasteiger partial charge is 0.248 e. The molecule has 2 heterocycles. The fourth-order valence-electron chi connectivity index (χ4n) is 1.15. The molecule has 1 fully saturated rings. The molecular weight excluding hydrogens is 236 g/mol. The highest BCUT2D eigenvalue weighted by Gasteiger charge is 2.29. The summed E-state index contributed by atoms with van der Waals surface area (Å²) in [6.07, 6.45) is 1.36. The van der Waals surface area contributed by atoms with Crippen LogP contribution in [0.25, 0.3) is 0 Å². The van der Waals surface area contributed by atoms with Crippen molar-refractivity contribution in [2.45, 2.75) is 17.4 Å². The van der Waals surface area contributed by atoms with E-state index in [1.54, 1.807) is 0 Å². The molecule has 2 rings (SSSR count). The minimum absolute atomic E-state index is 0.179. The van der Waals surface area contributed by atoms with E-state index in [0.717, 1.165) is 11.3 Å². The number of hydrogen-bond donors (Lipinski definition) is 0. The van der Waals surface area contributed by atoms with Crippen molar-refractivity contribution in [3.8, 4) is 0 Å². The maximum atomic E-state index is 11.5. The van der Waals surface area contributed by atoms with Gasteiger partial charge in [-0.2, -0.15) is 0 Å². The van der Waals surface area contributed by atoms with Crippen LogP contribution in [0, 0.1) is 0 Å². The standard InChI is InChI=1S/C9H8O2S3/c10-6(7-2-1-5-12-7)3-4-8-13-9(11)14-8/h1-2,5,8H,3-4H2. The fourth-order valence-corrected chi connectivity index (χ4v) is 3.70. The van der Waals surface area contributed by atoms with Crippen molar-refractivity contribution < 1.29 is 9.59 Å². The third-order valence-electron chi connectivity index (χ3n) is 1.86. The van der Waals surface area contributed by atoms with Crippen LogP contribution in [0.15, 0.2) is 17.5 Å². The second-order valence-electron chi connectivity index (χ2n) is 2.85. The lowest BCUT2D eigenvalue weighted by Crippen LogP contribution is -2.13. The first-order valence-corrected chi connectivity index (χ1v) is 6.83. The van der Waals surface area contributed by atoms with Gasteiger partial charge in [0.1, 0.15) is 0 Å². The van der Waals surface area contributed by atoms with Gasteiger partial charge in [0.15, 0.2) is 5.78 Å². The van der Waals surface area contributed by atoms with Gasteiger partial charge in [-0.05, 0) is 17.9 Å². The Hall–Kier alpha value is -0.260. The summed E-state index contributed by atoms with van der Waals surface area (Å²) in [6, 6.07) is 3.73. The van der Waals surface area contributed by atoms with Crippen molar-refractivity contribution in [1.29, 1.82) is 0 Å². The molecule has 0 amide bonds. The molecule has 14 heavy (non-hydrogen) atoms. The molecule has 1 aromatic rings. The van der Waals surface area contributed by atoms with E-state index < -0.39 is 0 Å². The zero-order valence-corrected chi connectivity index (χ0v) is 9.71. The van der Waals surface area contributed by atoms with E-state index in [9.17, 15) is 9.59 Å². The lowest BCUT2D eigenvalue weighted by atomic mass is 10.2. The molecule has 0 unspecified atom stereocenters. The first-order valence-electron chi connectivity index (χ1n) is 4.19. The number of carbonyl (C=O) groups is 2. The van der Waals surface area contributed by atoms with Gasteiger partial charge in [0, 0.05) is 6.42 Å². The Labute approximate surface area is 94.5 Å². The van der Waals surface area contributed by atoms with E-state index in [0.29, 0.717) is 11.0 Å². The number of Topliss-reactive ketones (excluding diaryl/α,β-unsaturated/α-hetero) is 1. The van der Waals surface area contributed by atoms with E-state index in [1.165, 1.54) is 34.9 Å². The predicted molar refractivity (Wildman–Crippen MR) is 62.2 cm³/mol. The Morgan fingerprint density at radius 3 is 2.79 bits per heavy atom. The van der Waals surface area contributed by atoms with E-state index in [4.69, 9.17) is 0 Å². The summed E-state index contributed by atoms with van der Waals surface area (Å²) >= 11 is 4.16. The molecule has 5 heteroatoms. The lowest BCUT2D eigenvalue weighted by Gasteiger charge is -2.20. The Balaban J connectivity index is 1.76. The van der Waals surface area contributed by atoms with Gasteiger partial charge in [0.25, 0.3) is 0 Å². The van der Waals surface area contributed by atoms with Crippen LogP contribution in [0.2, 0.25) is 0 Å². The van der Waals surface area contributed by atoms with Crippen LogP contribution >= 0.6 is 34.9 Å². The van der Waals surface area contributed by atoms with Crippen molar-refractivity contribution in [2.75, 3.05) is 0 Å². The van der Waals surface area contributed by atoms with Gasteiger partial charge in [-0.3, -0.25) is 9.59 Å².